The van der Waals surface area contributed by atoms with Gasteiger partial charge in [0.1, 0.15) is 23.7 Å². The first-order valence-electron chi connectivity index (χ1n) is 4.46. The fourth-order valence-electron chi connectivity index (χ4n) is 1.03. The maximum atomic E-state index is 13.2. The molecule has 0 aliphatic carbocycles. The molecule has 0 radical (unpaired) electrons. The van der Waals surface area contributed by atoms with Gasteiger partial charge in [0, 0.05) is 0 Å². The third kappa shape index (κ3) is 2.10. The smallest absolute Gasteiger partial charge is 0.343 e. The van der Waals surface area contributed by atoms with Gasteiger partial charge in [0.25, 0.3) is 0 Å². The minimum absolute atomic E-state index is 0.0194. The average Bonchev–Trinajstić information content (AvgIpc) is 2.65. The van der Waals surface area contributed by atoms with E-state index in [0.29, 0.717) is 0 Å². The summed E-state index contributed by atoms with van der Waals surface area (Å²) in [6, 6.07) is 0. The van der Waals surface area contributed by atoms with Crippen LogP contribution in [0.5, 0.6) is 0 Å². The molecule has 0 N–H and O–H groups in total. The predicted octanol–water partition coefficient (Wildman–Crippen LogP) is 2.27. The molecule has 1 atom stereocenters. The van der Waals surface area contributed by atoms with Crippen LogP contribution in [0.2, 0.25) is 0 Å². The fourth-order valence-corrected chi connectivity index (χ4v) is 1.03. The Kier molecular flexibility index (Phi) is 3.62. The zero-order valence-electron chi connectivity index (χ0n) is 8.12. The molecular formula is C9H12FNO3. The number of halogens is 1. The van der Waals surface area contributed by atoms with Crippen LogP contribution in [-0.4, -0.2) is 17.7 Å². The van der Waals surface area contributed by atoms with Crippen LogP contribution < -0.4 is 0 Å². The summed E-state index contributed by atoms with van der Waals surface area (Å²) in [7, 11) is 0. The van der Waals surface area contributed by atoms with Crippen molar-refractivity contribution in [2.24, 2.45) is 0 Å². The monoisotopic (exact) mass is 201 g/mol. The van der Waals surface area contributed by atoms with Crippen molar-refractivity contribution in [3.63, 3.8) is 0 Å². The maximum absolute atomic E-state index is 13.2. The number of carbonyl (C=O) groups is 1. The topological polar surface area (TPSA) is 52.3 Å². The van der Waals surface area contributed by atoms with Crippen molar-refractivity contribution in [1.82, 2.24) is 5.16 Å². The molecule has 1 aromatic heterocycles. The number of alkyl halides is 1. The highest BCUT2D eigenvalue weighted by Gasteiger charge is 2.22. The van der Waals surface area contributed by atoms with Gasteiger partial charge in [-0.2, -0.15) is 0 Å². The van der Waals surface area contributed by atoms with E-state index in [-0.39, 0.29) is 24.3 Å². The number of hydrogen-bond donors (Lipinski definition) is 0. The van der Waals surface area contributed by atoms with Crippen molar-refractivity contribution in [1.29, 1.82) is 0 Å². The Balaban J connectivity index is 2.86. The first-order chi connectivity index (χ1) is 6.70. The van der Waals surface area contributed by atoms with Crippen LogP contribution in [0.4, 0.5) is 4.39 Å². The first kappa shape index (κ1) is 10.7. The predicted molar refractivity (Wildman–Crippen MR) is 46.6 cm³/mol. The summed E-state index contributed by atoms with van der Waals surface area (Å²) in [4.78, 5) is 11.3. The largest absolute Gasteiger partial charge is 0.462 e. The average molecular weight is 201 g/mol. The minimum atomic E-state index is -1.28. The Bertz CT molecular complexity index is 311. The second kappa shape index (κ2) is 4.74. The van der Waals surface area contributed by atoms with E-state index < -0.39 is 12.1 Å². The summed E-state index contributed by atoms with van der Waals surface area (Å²) in [6.45, 7) is 3.58. The van der Waals surface area contributed by atoms with Crippen LogP contribution >= 0.6 is 0 Å². The van der Waals surface area contributed by atoms with Gasteiger partial charge in [-0.15, -0.1) is 0 Å². The lowest BCUT2D eigenvalue weighted by Crippen LogP contribution is -2.07. The van der Waals surface area contributed by atoms with E-state index in [0.717, 1.165) is 6.26 Å². The van der Waals surface area contributed by atoms with Crippen molar-refractivity contribution in [3.8, 4) is 0 Å². The van der Waals surface area contributed by atoms with Crippen LogP contribution in [0.1, 0.15) is 42.5 Å². The molecule has 0 bridgehead atoms. The number of rotatable bonds is 4. The second-order valence-electron chi connectivity index (χ2n) is 2.71. The molecule has 1 heterocycles. The molecule has 0 spiro atoms. The van der Waals surface area contributed by atoms with E-state index in [1.165, 1.54) is 0 Å². The Morgan fingerprint density at radius 3 is 3.00 bits per heavy atom. The fraction of sp³-hybridized carbons (Fsp3) is 0.556. The van der Waals surface area contributed by atoms with Crippen molar-refractivity contribution >= 4 is 5.97 Å². The molecule has 14 heavy (non-hydrogen) atoms. The molecule has 1 unspecified atom stereocenters. The summed E-state index contributed by atoms with van der Waals surface area (Å²) in [5.41, 5.74) is 0.0900. The summed E-state index contributed by atoms with van der Waals surface area (Å²) < 4.78 is 22.5. The lowest BCUT2D eigenvalue weighted by molar-refractivity contribution is 0.0522. The second-order valence-corrected chi connectivity index (χ2v) is 2.71. The molecule has 5 heteroatoms. The minimum Gasteiger partial charge on any atom is -0.462 e. The van der Waals surface area contributed by atoms with Gasteiger partial charge in [0.05, 0.1) is 6.61 Å². The van der Waals surface area contributed by atoms with Gasteiger partial charge in [-0.1, -0.05) is 12.1 Å². The molecule has 1 rings (SSSR count). The lowest BCUT2D eigenvalue weighted by Gasteiger charge is -2.03. The van der Waals surface area contributed by atoms with Gasteiger partial charge in [0.2, 0.25) is 0 Å². The Hall–Kier alpha value is -1.39. The molecule has 4 nitrogen and oxygen atoms in total. The molecular weight excluding hydrogens is 189 g/mol. The van der Waals surface area contributed by atoms with Gasteiger partial charge in [-0.3, -0.25) is 0 Å². The highest BCUT2D eigenvalue weighted by atomic mass is 19.1. The normalized spacial score (nSPS) is 12.5. The van der Waals surface area contributed by atoms with Crippen molar-refractivity contribution in [3.05, 3.63) is 17.5 Å². The number of nitrogens with zero attached hydrogens (tertiary/aromatic N) is 1. The van der Waals surface area contributed by atoms with E-state index >= 15 is 0 Å². The highest BCUT2D eigenvalue weighted by Crippen LogP contribution is 2.23. The lowest BCUT2D eigenvalue weighted by atomic mass is 10.1. The summed E-state index contributed by atoms with van der Waals surface area (Å²) in [6.07, 6.45) is 0.0715. The van der Waals surface area contributed by atoms with Crippen molar-refractivity contribution < 1.29 is 18.4 Å². The van der Waals surface area contributed by atoms with Crippen molar-refractivity contribution in [2.75, 3.05) is 6.61 Å². The van der Waals surface area contributed by atoms with Crippen LogP contribution in [0.15, 0.2) is 10.8 Å². The molecule has 0 saturated heterocycles. The van der Waals surface area contributed by atoms with Crippen LogP contribution in [-0.2, 0) is 4.74 Å². The van der Waals surface area contributed by atoms with Gasteiger partial charge in [0.15, 0.2) is 0 Å². The van der Waals surface area contributed by atoms with Gasteiger partial charge in [-0.25, -0.2) is 9.18 Å². The molecule has 0 aliphatic rings. The van der Waals surface area contributed by atoms with E-state index in [1.807, 2.05) is 0 Å². The van der Waals surface area contributed by atoms with E-state index in [1.54, 1.807) is 13.8 Å². The third-order valence-electron chi connectivity index (χ3n) is 1.75. The summed E-state index contributed by atoms with van der Waals surface area (Å²) >= 11 is 0. The van der Waals surface area contributed by atoms with E-state index in [9.17, 15) is 9.18 Å². The van der Waals surface area contributed by atoms with Crippen LogP contribution in [0.25, 0.3) is 0 Å². The zero-order chi connectivity index (χ0) is 10.6. The Morgan fingerprint density at radius 2 is 2.43 bits per heavy atom. The highest BCUT2D eigenvalue weighted by molar-refractivity contribution is 5.90. The molecule has 0 amide bonds. The maximum Gasteiger partial charge on any atom is 0.343 e. The first-order valence-corrected chi connectivity index (χ1v) is 4.46. The van der Waals surface area contributed by atoms with Crippen molar-refractivity contribution in [2.45, 2.75) is 26.4 Å². The Labute approximate surface area is 81.0 Å². The third-order valence-corrected chi connectivity index (χ3v) is 1.75. The molecule has 0 saturated carbocycles. The molecule has 1 aromatic rings. The standard InChI is InChI=1S/C9H12FNO3/c1-3-7(10)8-6(5-14-11-8)9(12)13-4-2/h5,7H,3-4H2,1-2H3. The zero-order valence-corrected chi connectivity index (χ0v) is 8.12. The van der Waals surface area contributed by atoms with Gasteiger partial charge >= 0.3 is 5.97 Å². The number of aromatic nitrogens is 1. The van der Waals surface area contributed by atoms with Crippen LogP contribution in [0, 0.1) is 0 Å². The van der Waals surface area contributed by atoms with E-state index in [2.05, 4.69) is 9.68 Å². The molecule has 0 aliphatic heterocycles. The molecule has 0 fully saturated rings. The quantitative estimate of drug-likeness (QED) is 0.701. The summed E-state index contributed by atoms with van der Waals surface area (Å²) in [5, 5.41) is 3.44. The number of esters is 1. The Morgan fingerprint density at radius 1 is 1.71 bits per heavy atom. The number of carbonyl (C=O) groups excluding carboxylic acids is 1. The van der Waals surface area contributed by atoms with E-state index in [4.69, 9.17) is 4.74 Å². The number of hydrogen-bond acceptors (Lipinski definition) is 4. The molecule has 78 valence electrons. The summed E-state index contributed by atoms with van der Waals surface area (Å²) in [5.74, 6) is -0.597. The SMILES string of the molecule is CCOC(=O)c1conc1C(F)CC. The number of ether oxygens (including phenoxy) is 1. The van der Waals surface area contributed by atoms with Crippen LogP contribution in [0.3, 0.4) is 0 Å². The van der Waals surface area contributed by atoms with Gasteiger partial charge < -0.3 is 9.26 Å². The molecule has 0 aromatic carbocycles. The van der Waals surface area contributed by atoms with Gasteiger partial charge in [-0.05, 0) is 13.3 Å².